The third-order valence-corrected chi connectivity index (χ3v) is 6.07. The minimum absolute atomic E-state index is 1.16. The molecule has 0 amide bonds. The lowest BCUT2D eigenvalue weighted by Gasteiger charge is -2.22. The molecule has 1 heteroatoms. The van der Waals surface area contributed by atoms with E-state index >= 15 is 0 Å². The van der Waals surface area contributed by atoms with E-state index in [1.165, 1.54) is 30.5 Å². The molecule has 0 saturated heterocycles. The van der Waals surface area contributed by atoms with Crippen LogP contribution in [-0.4, -0.2) is 8.07 Å². The molecule has 70 valence electrons. The second-order valence-corrected chi connectivity index (χ2v) is 8.98. The van der Waals surface area contributed by atoms with Crippen LogP contribution in [-0.2, 0) is 0 Å². The molecule has 0 saturated carbocycles. The zero-order valence-electron chi connectivity index (χ0n) is 8.82. The Bertz CT molecular complexity index is 156. The first-order valence-corrected chi connectivity index (χ1v) is 8.07. The van der Waals surface area contributed by atoms with Crippen molar-refractivity contribution in [2.75, 3.05) is 0 Å². The first-order chi connectivity index (χ1) is 5.54. The number of allylic oxidation sites excluding steroid dienone is 2. The van der Waals surface area contributed by atoms with E-state index in [4.69, 9.17) is 0 Å². The molecule has 0 atom stereocenters. The summed E-state index contributed by atoms with van der Waals surface area (Å²) in [6, 6.07) is 1.37. The fourth-order valence-corrected chi connectivity index (χ4v) is 3.26. The van der Waals surface area contributed by atoms with Gasteiger partial charge in [0.25, 0.3) is 0 Å². The number of hydrogen-bond acceptors (Lipinski definition) is 0. The molecule has 0 radical (unpaired) electrons. The minimum atomic E-state index is -1.16. The predicted molar refractivity (Wildman–Crippen MR) is 61.2 cm³/mol. The number of hydrogen-bond donors (Lipinski definition) is 0. The van der Waals surface area contributed by atoms with Crippen LogP contribution in [0.4, 0.5) is 0 Å². The normalized spacial score (nSPS) is 11.2. The fraction of sp³-hybridized carbons (Fsp3) is 0.636. The van der Waals surface area contributed by atoms with Crippen molar-refractivity contribution in [3.63, 3.8) is 0 Å². The van der Waals surface area contributed by atoms with Crippen LogP contribution < -0.4 is 0 Å². The molecule has 0 nitrogen and oxygen atoms in total. The maximum absolute atomic E-state index is 4.07. The maximum Gasteiger partial charge on any atom is 0.0798 e. The summed E-state index contributed by atoms with van der Waals surface area (Å²) >= 11 is 0. The highest BCUT2D eigenvalue weighted by molar-refractivity contribution is 6.84. The molecule has 0 aromatic carbocycles. The Morgan fingerprint density at radius 3 is 2.33 bits per heavy atom. The van der Waals surface area contributed by atoms with E-state index in [9.17, 15) is 0 Å². The van der Waals surface area contributed by atoms with E-state index in [-0.39, 0.29) is 0 Å². The maximum atomic E-state index is 4.07. The first-order valence-electron chi connectivity index (χ1n) is 4.86. The number of unbranched alkanes of at least 4 members (excludes halogenated alkanes) is 2. The lowest BCUT2D eigenvalue weighted by atomic mass is 10.3. The Balaban J connectivity index is 3.86. The third-order valence-electron chi connectivity index (χ3n) is 2.52. The number of rotatable bonds is 6. The SMILES string of the molecule is C=CC(=C)[Si](C)(C)CCCCC. The van der Waals surface area contributed by atoms with Gasteiger partial charge in [0.05, 0.1) is 8.07 Å². The topological polar surface area (TPSA) is 0 Å². The zero-order valence-corrected chi connectivity index (χ0v) is 9.82. The van der Waals surface area contributed by atoms with Crippen molar-refractivity contribution in [2.45, 2.75) is 45.3 Å². The highest BCUT2D eigenvalue weighted by atomic mass is 28.3. The monoisotopic (exact) mass is 182 g/mol. The van der Waals surface area contributed by atoms with E-state index in [0.717, 1.165) is 0 Å². The van der Waals surface area contributed by atoms with Gasteiger partial charge in [-0.15, -0.1) is 0 Å². The Labute approximate surface area is 78.4 Å². The van der Waals surface area contributed by atoms with Crippen LogP contribution >= 0.6 is 0 Å². The van der Waals surface area contributed by atoms with Crippen LogP contribution in [0.3, 0.4) is 0 Å². The van der Waals surface area contributed by atoms with Gasteiger partial charge in [-0.3, -0.25) is 0 Å². The molecule has 12 heavy (non-hydrogen) atoms. The van der Waals surface area contributed by atoms with E-state index < -0.39 is 8.07 Å². The summed E-state index contributed by atoms with van der Waals surface area (Å²) in [5.74, 6) is 0. The van der Waals surface area contributed by atoms with Crippen LogP contribution in [0.5, 0.6) is 0 Å². The van der Waals surface area contributed by atoms with E-state index in [0.29, 0.717) is 0 Å². The summed E-state index contributed by atoms with van der Waals surface area (Å²) in [6.45, 7) is 14.9. The van der Waals surface area contributed by atoms with Crippen LogP contribution in [0, 0.1) is 0 Å². The lowest BCUT2D eigenvalue weighted by molar-refractivity contribution is 0.763. The van der Waals surface area contributed by atoms with Crippen molar-refractivity contribution in [3.05, 3.63) is 24.4 Å². The van der Waals surface area contributed by atoms with Crippen LogP contribution in [0.1, 0.15) is 26.2 Å². The van der Waals surface area contributed by atoms with Gasteiger partial charge in [-0.05, 0) is 0 Å². The molecule has 0 aromatic heterocycles. The molecule has 0 fully saturated rings. The standard InChI is InChI=1S/C11H22Si/c1-6-8-9-10-12(4,5)11(3)7-2/h7H,2-3,6,8-10H2,1,4-5H3. The van der Waals surface area contributed by atoms with E-state index in [1.54, 1.807) is 0 Å². The van der Waals surface area contributed by atoms with Gasteiger partial charge < -0.3 is 0 Å². The van der Waals surface area contributed by atoms with Crippen LogP contribution in [0.2, 0.25) is 19.1 Å². The third kappa shape index (κ3) is 3.91. The van der Waals surface area contributed by atoms with Crippen molar-refractivity contribution in [3.8, 4) is 0 Å². The fourth-order valence-electron chi connectivity index (χ4n) is 1.25. The molecule has 0 rings (SSSR count). The first kappa shape index (κ1) is 11.7. The highest BCUT2D eigenvalue weighted by Gasteiger charge is 2.21. The quantitative estimate of drug-likeness (QED) is 0.329. The molecule has 0 bridgehead atoms. The molecular weight excluding hydrogens is 160 g/mol. The van der Waals surface area contributed by atoms with Crippen molar-refractivity contribution >= 4 is 8.07 Å². The van der Waals surface area contributed by atoms with Crippen molar-refractivity contribution in [2.24, 2.45) is 0 Å². The molecule has 0 unspecified atom stereocenters. The van der Waals surface area contributed by atoms with Crippen LogP contribution in [0.25, 0.3) is 0 Å². The van der Waals surface area contributed by atoms with E-state index in [1.807, 2.05) is 6.08 Å². The summed E-state index contributed by atoms with van der Waals surface area (Å²) in [7, 11) is -1.16. The Kier molecular flexibility index (Phi) is 5.23. The summed E-state index contributed by atoms with van der Waals surface area (Å²) in [4.78, 5) is 0. The molecule has 0 aliphatic heterocycles. The molecule has 0 aliphatic carbocycles. The van der Waals surface area contributed by atoms with Gasteiger partial charge in [0, 0.05) is 0 Å². The van der Waals surface area contributed by atoms with Crippen molar-refractivity contribution in [1.82, 2.24) is 0 Å². The van der Waals surface area contributed by atoms with Crippen LogP contribution in [0.15, 0.2) is 24.4 Å². The minimum Gasteiger partial charge on any atom is -0.0998 e. The van der Waals surface area contributed by atoms with Gasteiger partial charge in [0.2, 0.25) is 0 Å². The molecular formula is C11H22Si. The zero-order chi connectivity index (χ0) is 9.61. The Morgan fingerprint density at radius 2 is 1.92 bits per heavy atom. The molecule has 0 spiro atoms. The van der Waals surface area contributed by atoms with Gasteiger partial charge >= 0.3 is 0 Å². The lowest BCUT2D eigenvalue weighted by Crippen LogP contribution is -2.27. The van der Waals surface area contributed by atoms with Gasteiger partial charge in [0.1, 0.15) is 0 Å². The smallest absolute Gasteiger partial charge is 0.0798 e. The molecule has 0 aromatic rings. The summed E-state index contributed by atoms with van der Waals surface area (Å²) < 4.78 is 0. The van der Waals surface area contributed by atoms with E-state index in [2.05, 4.69) is 33.2 Å². The summed E-state index contributed by atoms with van der Waals surface area (Å²) in [5, 5.41) is 1.30. The Hall–Kier alpha value is -0.303. The van der Waals surface area contributed by atoms with Crippen molar-refractivity contribution < 1.29 is 0 Å². The van der Waals surface area contributed by atoms with Gasteiger partial charge in [-0.2, -0.15) is 0 Å². The second-order valence-electron chi connectivity index (χ2n) is 4.07. The summed E-state index contributed by atoms with van der Waals surface area (Å²) in [6.07, 6.45) is 5.98. The van der Waals surface area contributed by atoms with Gasteiger partial charge in [-0.25, -0.2) is 0 Å². The average molecular weight is 182 g/mol. The predicted octanol–water partition coefficient (Wildman–Crippen LogP) is 4.17. The molecule has 0 N–H and O–H groups in total. The van der Waals surface area contributed by atoms with Crippen molar-refractivity contribution in [1.29, 1.82) is 0 Å². The average Bonchev–Trinajstić information content (AvgIpc) is 2.03. The van der Waals surface area contributed by atoms with Gasteiger partial charge in [-0.1, -0.05) is 69.8 Å². The van der Waals surface area contributed by atoms with Gasteiger partial charge in [0.15, 0.2) is 0 Å². The largest absolute Gasteiger partial charge is 0.0998 e. The highest BCUT2D eigenvalue weighted by Crippen LogP contribution is 2.22. The summed E-state index contributed by atoms with van der Waals surface area (Å²) in [5.41, 5.74) is 0. The second kappa shape index (κ2) is 5.36. The Morgan fingerprint density at radius 1 is 1.33 bits per heavy atom. The molecule has 0 heterocycles. The molecule has 0 aliphatic rings.